The number of rotatable bonds is 20. The Kier molecular flexibility index (Phi) is 14.9. The van der Waals surface area contributed by atoms with Crippen LogP contribution >= 0.6 is 0 Å². The summed E-state index contributed by atoms with van der Waals surface area (Å²) >= 11 is 0. The van der Waals surface area contributed by atoms with Crippen molar-refractivity contribution in [2.24, 2.45) is 0 Å². The van der Waals surface area contributed by atoms with Crippen molar-refractivity contribution < 1.29 is 42.1 Å². The van der Waals surface area contributed by atoms with E-state index in [-0.39, 0.29) is 5.78 Å². The molecule has 2 unspecified atom stereocenters. The van der Waals surface area contributed by atoms with E-state index in [2.05, 4.69) is 13.5 Å². The van der Waals surface area contributed by atoms with Gasteiger partial charge in [-0.15, -0.1) is 0 Å². The zero-order chi connectivity index (χ0) is 24.8. The third-order valence-electron chi connectivity index (χ3n) is 5.33. The highest BCUT2D eigenvalue weighted by atomic mass is 28.4. The number of unbranched alkanes of at least 4 members (excludes halogenated alkanes) is 5. The zero-order valence-corrected chi connectivity index (χ0v) is 22.4. The van der Waals surface area contributed by atoms with Gasteiger partial charge in [0.15, 0.2) is 5.78 Å². The van der Waals surface area contributed by atoms with E-state index in [0.717, 1.165) is 19.3 Å². The molecule has 0 aromatic carbocycles. The van der Waals surface area contributed by atoms with Gasteiger partial charge in [0.25, 0.3) is 0 Å². The van der Waals surface area contributed by atoms with Crippen LogP contribution in [0.1, 0.15) is 58.8 Å². The number of hydrogen-bond acceptors (Lipinski definition) is 9. The van der Waals surface area contributed by atoms with Crippen LogP contribution in [0.3, 0.4) is 0 Å². The highest BCUT2D eigenvalue weighted by molar-refractivity contribution is 6.68. The molecular formula is C22H44O9Si. The van der Waals surface area contributed by atoms with Gasteiger partial charge in [-0.25, -0.2) is 0 Å². The largest absolute Gasteiger partial charge is 0.442 e. The number of carbonyl (C=O) groups excluding carboxylic acids is 1. The molecule has 9 nitrogen and oxygen atoms in total. The first kappa shape index (κ1) is 31.3. The Hall–Kier alpha value is -0.693. The molecule has 32 heavy (non-hydrogen) atoms. The smallest absolute Gasteiger partial charge is 0.378 e. The van der Waals surface area contributed by atoms with Gasteiger partial charge in [-0.1, -0.05) is 52.0 Å². The number of ketones is 1. The Morgan fingerprint density at radius 1 is 0.844 bits per heavy atom. The third-order valence-corrected chi connectivity index (χ3v) is 8.43. The molecule has 190 valence electrons. The van der Waals surface area contributed by atoms with Crippen molar-refractivity contribution in [1.82, 2.24) is 0 Å². The molecule has 0 N–H and O–H groups in total. The van der Waals surface area contributed by atoms with Gasteiger partial charge in [-0.3, -0.25) is 4.79 Å². The molecule has 0 fully saturated rings. The standard InChI is InChI=1S/C22H44O9Si/c1-11-12-13-14-15-16-17-19(20(23)18(2)3)30-32(10,22(27-7,28-8)29-9)31-21(24-4,25-5)26-6/h19H,2,11-17H2,1,3-10H3. The number of methoxy groups -OCH3 is 6. The quantitative estimate of drug-likeness (QED) is 0.111. The van der Waals surface area contributed by atoms with Crippen molar-refractivity contribution in [3.63, 3.8) is 0 Å². The summed E-state index contributed by atoms with van der Waals surface area (Å²) in [6.45, 7) is 9.26. The normalized spacial score (nSPS) is 15.4. The molecule has 0 saturated heterocycles. The Balaban J connectivity index is 5.98. The van der Waals surface area contributed by atoms with Crippen molar-refractivity contribution >= 4 is 14.3 Å². The van der Waals surface area contributed by atoms with E-state index >= 15 is 0 Å². The van der Waals surface area contributed by atoms with Gasteiger partial charge in [0, 0.05) is 42.7 Å². The first-order valence-corrected chi connectivity index (χ1v) is 13.3. The Labute approximate surface area is 194 Å². The van der Waals surface area contributed by atoms with Crippen molar-refractivity contribution in [1.29, 1.82) is 0 Å². The number of ether oxygens (including phenoxy) is 6. The molecule has 0 spiro atoms. The SMILES string of the molecule is C=C(C)C(=O)C(CCCCCCCC)O[Si](C)(OC(OC)(OC)OC)C(OC)(OC)OC. The molecule has 0 aromatic heterocycles. The maximum absolute atomic E-state index is 13.0. The van der Waals surface area contributed by atoms with Crippen LogP contribution in [0, 0.1) is 0 Å². The highest BCUT2D eigenvalue weighted by Gasteiger charge is 2.64. The summed E-state index contributed by atoms with van der Waals surface area (Å²) in [5, 5.41) is 0. The van der Waals surface area contributed by atoms with Gasteiger partial charge < -0.3 is 37.3 Å². The molecule has 0 aliphatic heterocycles. The van der Waals surface area contributed by atoms with E-state index in [1.165, 1.54) is 61.9 Å². The number of carbonyl (C=O) groups is 1. The molecule has 10 heteroatoms. The lowest BCUT2D eigenvalue weighted by Gasteiger charge is -2.45. The molecule has 2 atom stereocenters. The van der Waals surface area contributed by atoms with Crippen LogP contribution in [0.2, 0.25) is 6.55 Å². The molecule has 0 radical (unpaired) electrons. The van der Waals surface area contributed by atoms with Gasteiger partial charge in [-0.05, 0) is 25.5 Å². The third kappa shape index (κ3) is 8.26. The van der Waals surface area contributed by atoms with Crippen LogP contribution in [0.25, 0.3) is 0 Å². The number of hydrogen-bond donors (Lipinski definition) is 0. The first-order chi connectivity index (χ1) is 15.1. The van der Waals surface area contributed by atoms with Gasteiger partial charge in [0.1, 0.15) is 6.10 Å². The topological polar surface area (TPSA) is 90.9 Å². The van der Waals surface area contributed by atoms with Crippen LogP contribution in [0.4, 0.5) is 0 Å². The second kappa shape index (κ2) is 15.3. The molecule has 0 saturated carbocycles. The molecule has 0 heterocycles. The summed E-state index contributed by atoms with van der Waals surface area (Å²) in [5.74, 6) is -0.226. The highest BCUT2D eigenvalue weighted by Crippen LogP contribution is 2.35. The van der Waals surface area contributed by atoms with Gasteiger partial charge in [0.05, 0.1) is 0 Å². The van der Waals surface area contributed by atoms with E-state index in [1.54, 1.807) is 13.5 Å². The van der Waals surface area contributed by atoms with Crippen molar-refractivity contribution in [3.05, 3.63) is 12.2 Å². The summed E-state index contributed by atoms with van der Waals surface area (Å²) < 4.78 is 45.1. The molecular weight excluding hydrogens is 436 g/mol. The second-order valence-electron chi connectivity index (χ2n) is 7.64. The first-order valence-electron chi connectivity index (χ1n) is 11.0. The lowest BCUT2D eigenvalue weighted by atomic mass is 10.0. The summed E-state index contributed by atoms with van der Waals surface area (Å²) in [7, 11) is 4.44. The van der Waals surface area contributed by atoms with Crippen LogP contribution in [0.5, 0.6) is 0 Å². The molecule has 0 rings (SSSR count). The van der Waals surface area contributed by atoms with E-state index in [0.29, 0.717) is 12.0 Å². The van der Waals surface area contributed by atoms with Crippen LogP contribution in [-0.4, -0.2) is 74.9 Å². The Morgan fingerprint density at radius 3 is 1.72 bits per heavy atom. The minimum Gasteiger partial charge on any atom is -0.378 e. The van der Waals surface area contributed by atoms with Crippen LogP contribution < -0.4 is 0 Å². The molecule has 0 aromatic rings. The monoisotopic (exact) mass is 480 g/mol. The van der Waals surface area contributed by atoms with E-state index in [9.17, 15) is 4.79 Å². The molecule has 0 aliphatic carbocycles. The maximum atomic E-state index is 13.0. The van der Waals surface area contributed by atoms with Crippen molar-refractivity contribution in [2.75, 3.05) is 42.7 Å². The average Bonchev–Trinajstić information content (AvgIpc) is 2.80. The predicted octanol–water partition coefficient (Wildman–Crippen LogP) is 4.04. The maximum Gasteiger partial charge on any atom is 0.442 e. The Bertz CT molecular complexity index is 533. The fourth-order valence-electron chi connectivity index (χ4n) is 3.48. The van der Waals surface area contributed by atoms with Crippen LogP contribution in [-0.2, 0) is 42.1 Å². The van der Waals surface area contributed by atoms with E-state index in [4.69, 9.17) is 37.3 Å². The van der Waals surface area contributed by atoms with Gasteiger partial charge in [0.2, 0.25) is 0 Å². The van der Waals surface area contributed by atoms with E-state index in [1.807, 2.05) is 0 Å². The molecule has 0 aliphatic rings. The Morgan fingerprint density at radius 2 is 1.31 bits per heavy atom. The average molecular weight is 481 g/mol. The lowest BCUT2D eigenvalue weighted by molar-refractivity contribution is -0.464. The van der Waals surface area contributed by atoms with Crippen molar-refractivity contribution in [3.8, 4) is 0 Å². The fourth-order valence-corrected chi connectivity index (χ4v) is 6.40. The minimum atomic E-state index is -3.78. The predicted molar refractivity (Wildman–Crippen MR) is 123 cm³/mol. The lowest BCUT2D eigenvalue weighted by Crippen LogP contribution is -2.69. The van der Waals surface area contributed by atoms with Crippen LogP contribution in [0.15, 0.2) is 12.2 Å². The summed E-state index contributed by atoms with van der Waals surface area (Å²) in [6, 6.07) is 0. The molecule has 0 bridgehead atoms. The van der Waals surface area contributed by atoms with Gasteiger partial charge >= 0.3 is 20.3 Å². The summed E-state index contributed by atoms with van der Waals surface area (Å²) in [6.07, 6.45) is 4.18. The number of Topliss-reactive ketones (excluding diaryl/α,β-unsaturated/α-hetero) is 1. The molecule has 0 amide bonds. The summed E-state index contributed by atoms with van der Waals surface area (Å²) in [5.41, 5.74) is -1.37. The fraction of sp³-hybridized carbons (Fsp3) is 0.864. The second-order valence-corrected chi connectivity index (χ2v) is 10.6. The van der Waals surface area contributed by atoms with E-state index < -0.39 is 26.4 Å². The summed E-state index contributed by atoms with van der Waals surface area (Å²) in [4.78, 5) is 13.0. The van der Waals surface area contributed by atoms with Crippen molar-refractivity contribution in [2.45, 2.75) is 83.2 Å². The zero-order valence-electron chi connectivity index (χ0n) is 21.4. The van der Waals surface area contributed by atoms with Gasteiger partial charge in [-0.2, -0.15) is 0 Å². The minimum absolute atomic E-state index is 0.226.